The first-order valence-corrected chi connectivity index (χ1v) is 26.0. The number of allylic oxidation sites excluding steroid dienone is 1. The molecule has 2 bridgehead atoms. The molecule has 72 heavy (non-hydrogen) atoms. The highest BCUT2D eigenvalue weighted by Gasteiger charge is 2.79. The van der Waals surface area contributed by atoms with Crippen LogP contribution in [0.2, 0.25) is 0 Å². The Morgan fingerprint density at radius 1 is 0.681 bits per heavy atom. The quantitative estimate of drug-likeness (QED) is 0.0514. The van der Waals surface area contributed by atoms with Crippen molar-refractivity contribution in [2.45, 2.75) is 216 Å². The molecule has 0 radical (unpaired) electrons. The molecule has 9 aliphatic rings. The number of fused-ring (bicyclic) bond motifs is 4. The summed E-state index contributed by atoms with van der Waals surface area (Å²) in [7, 11) is 0. The molecule has 26 atom stereocenters. The van der Waals surface area contributed by atoms with Gasteiger partial charge in [-0.25, -0.2) is 0 Å². The van der Waals surface area contributed by atoms with Gasteiger partial charge in [0.1, 0.15) is 80.2 Å². The molecular weight excluding hydrogens is 949 g/mol. The monoisotopic (exact) mass is 1030 g/mol. The molecule has 1 spiro atoms. The minimum absolute atomic E-state index is 0.0169. The first kappa shape index (κ1) is 54.8. The summed E-state index contributed by atoms with van der Waals surface area (Å²) in [5, 5.41) is 120. The van der Waals surface area contributed by atoms with Gasteiger partial charge in [-0.1, -0.05) is 53.7 Å². The summed E-state index contributed by atoms with van der Waals surface area (Å²) in [6, 6.07) is 0. The highest BCUT2D eigenvalue weighted by atomic mass is 16.8. The van der Waals surface area contributed by atoms with E-state index < -0.39 is 158 Å². The van der Waals surface area contributed by atoms with Gasteiger partial charge in [0.15, 0.2) is 18.9 Å². The number of aliphatic hydroxyl groups excluding tert-OH is 10. The summed E-state index contributed by atoms with van der Waals surface area (Å²) >= 11 is 0. The number of carbonyl (C=O) groups excluding carboxylic acids is 1. The molecule has 4 saturated heterocycles. The number of esters is 1. The van der Waals surface area contributed by atoms with E-state index in [1.807, 2.05) is 6.92 Å². The second kappa shape index (κ2) is 19.2. The van der Waals surface area contributed by atoms with Gasteiger partial charge in [0, 0.05) is 22.2 Å². The van der Waals surface area contributed by atoms with E-state index in [1.165, 1.54) is 6.92 Å². The van der Waals surface area contributed by atoms with Crippen LogP contribution in [0, 0.1) is 50.2 Å². The van der Waals surface area contributed by atoms with Crippen molar-refractivity contribution >= 4 is 11.9 Å². The van der Waals surface area contributed by atoms with Crippen LogP contribution < -0.4 is 0 Å². The SMILES string of the molecule is C[C@H]1O[C@@H](O[C@H]2CC[C@@]3(C)[C@@H](CC[C@]4(C)[C@@H]3C=C[C@]35OC[C@@]6(CCC(C)(C)C[C@@H]63)[C@@H](O)C[C@]54C)[C@]2(C)CO)[C@H](O[C@@H]2O[C@H](COC(=O)CC(=O)O)[C@@H](O)[C@H](O)[C@H]2O)[C@@H](O[C@@H]2O[C@H](CO)[C@@H](O)[C@H](O)[C@H]2O)[C@H]1O. The number of hydrogen-bond acceptors (Lipinski definition) is 20. The lowest BCUT2D eigenvalue weighted by molar-refractivity contribution is -0.398. The van der Waals surface area contributed by atoms with E-state index in [4.69, 9.17) is 43.0 Å². The Bertz CT molecular complexity index is 2040. The molecule has 8 fully saturated rings. The molecule has 4 aliphatic heterocycles. The van der Waals surface area contributed by atoms with Crippen LogP contribution in [0.5, 0.6) is 0 Å². The number of aliphatic carboxylic acids is 1. The summed E-state index contributed by atoms with van der Waals surface area (Å²) < 4.78 is 49.6. The van der Waals surface area contributed by atoms with Crippen molar-refractivity contribution in [3.63, 3.8) is 0 Å². The van der Waals surface area contributed by atoms with Crippen molar-refractivity contribution in [2.75, 3.05) is 26.4 Å². The fourth-order valence-electron chi connectivity index (χ4n) is 16.1. The van der Waals surface area contributed by atoms with Gasteiger partial charge >= 0.3 is 11.9 Å². The average Bonchev–Trinajstić information content (AvgIpc) is 3.60. The summed E-state index contributed by atoms with van der Waals surface area (Å²) in [6.45, 7) is 13.8. The van der Waals surface area contributed by atoms with Gasteiger partial charge in [0.05, 0.1) is 43.7 Å². The number of rotatable bonds is 12. The summed E-state index contributed by atoms with van der Waals surface area (Å²) in [5.41, 5.74) is -2.81. The minimum atomic E-state index is -2.02. The summed E-state index contributed by atoms with van der Waals surface area (Å²) in [6.07, 6.45) is -17.3. The van der Waals surface area contributed by atoms with Gasteiger partial charge in [0.25, 0.3) is 0 Å². The Balaban J connectivity index is 1.02. The normalized spacial score (nSPS) is 54.7. The Labute approximate surface area is 419 Å². The largest absolute Gasteiger partial charge is 0.481 e. The third-order valence-corrected chi connectivity index (χ3v) is 20.6. The lowest BCUT2D eigenvalue weighted by Gasteiger charge is -2.73. The van der Waals surface area contributed by atoms with E-state index in [9.17, 15) is 60.7 Å². The van der Waals surface area contributed by atoms with Crippen molar-refractivity contribution in [2.24, 2.45) is 50.2 Å². The molecule has 0 aromatic rings. The highest BCUT2D eigenvalue weighted by Crippen LogP contribution is 2.79. The summed E-state index contributed by atoms with van der Waals surface area (Å²) in [4.78, 5) is 23.3. The number of carboxylic acid groups (broad SMARTS) is 1. The van der Waals surface area contributed by atoms with Crippen LogP contribution in [0.25, 0.3) is 0 Å². The lowest BCUT2D eigenvalue weighted by Crippen LogP contribution is -2.72. The third-order valence-electron chi connectivity index (χ3n) is 20.6. The van der Waals surface area contributed by atoms with Crippen molar-refractivity contribution in [3.8, 4) is 0 Å². The third kappa shape index (κ3) is 8.28. The molecule has 0 amide bonds. The van der Waals surface area contributed by atoms with E-state index in [0.717, 1.165) is 25.7 Å². The Morgan fingerprint density at radius 3 is 1.96 bits per heavy atom. The van der Waals surface area contributed by atoms with Crippen molar-refractivity contribution < 1.29 is 104 Å². The molecule has 410 valence electrons. The first-order valence-electron chi connectivity index (χ1n) is 26.0. The maximum Gasteiger partial charge on any atom is 0.317 e. The molecular formula is C51H80O21. The van der Waals surface area contributed by atoms with E-state index >= 15 is 0 Å². The molecule has 5 aliphatic carbocycles. The molecule has 0 aromatic carbocycles. The number of hydrogen-bond donors (Lipinski definition) is 11. The molecule has 4 heterocycles. The Hall–Kier alpha value is -2.00. The van der Waals surface area contributed by atoms with E-state index in [2.05, 4.69) is 46.8 Å². The Morgan fingerprint density at radius 2 is 1.32 bits per heavy atom. The first-order chi connectivity index (χ1) is 33.7. The number of aliphatic hydroxyl groups is 10. The van der Waals surface area contributed by atoms with Crippen LogP contribution in [0.15, 0.2) is 12.2 Å². The average molecular weight is 1030 g/mol. The predicted molar refractivity (Wildman–Crippen MR) is 246 cm³/mol. The van der Waals surface area contributed by atoms with E-state index in [0.29, 0.717) is 32.3 Å². The van der Waals surface area contributed by atoms with Crippen LogP contribution in [-0.2, 0) is 47.5 Å². The fourth-order valence-corrected chi connectivity index (χ4v) is 16.1. The van der Waals surface area contributed by atoms with Gasteiger partial charge < -0.3 is 94.1 Å². The molecule has 0 aromatic heterocycles. The van der Waals surface area contributed by atoms with Crippen LogP contribution in [0.3, 0.4) is 0 Å². The van der Waals surface area contributed by atoms with Gasteiger partial charge in [-0.05, 0) is 86.4 Å². The van der Waals surface area contributed by atoms with Gasteiger partial charge in [-0.2, -0.15) is 0 Å². The predicted octanol–water partition coefficient (Wildman–Crippen LogP) is -0.373. The van der Waals surface area contributed by atoms with Gasteiger partial charge in [-0.3, -0.25) is 9.59 Å². The molecule has 9 rings (SSSR count). The van der Waals surface area contributed by atoms with Crippen molar-refractivity contribution in [1.82, 2.24) is 0 Å². The van der Waals surface area contributed by atoms with Crippen molar-refractivity contribution in [1.29, 1.82) is 0 Å². The molecule has 21 nitrogen and oxygen atoms in total. The number of carbonyl (C=O) groups is 2. The maximum atomic E-state index is 12.3. The molecule has 4 saturated carbocycles. The zero-order valence-electron chi connectivity index (χ0n) is 42.4. The number of carboxylic acids is 1. The topological polar surface area (TPSA) is 331 Å². The maximum absolute atomic E-state index is 12.3. The zero-order chi connectivity index (χ0) is 52.5. The molecule has 11 N–H and O–H groups in total. The second-order valence-electron chi connectivity index (χ2n) is 24.8. The Kier molecular flexibility index (Phi) is 14.6. The fraction of sp³-hybridized carbons (Fsp3) is 0.922. The van der Waals surface area contributed by atoms with Gasteiger partial charge in [0.2, 0.25) is 0 Å². The molecule has 21 heteroatoms. The molecule has 0 unspecified atom stereocenters. The number of ether oxygens (including phenoxy) is 8. The summed E-state index contributed by atoms with van der Waals surface area (Å²) in [5.74, 6) is -2.62. The highest BCUT2D eigenvalue weighted by molar-refractivity contribution is 5.90. The van der Waals surface area contributed by atoms with Crippen LogP contribution in [-0.4, -0.2) is 204 Å². The smallest absolute Gasteiger partial charge is 0.317 e. The van der Waals surface area contributed by atoms with Crippen molar-refractivity contribution in [3.05, 3.63) is 12.2 Å². The van der Waals surface area contributed by atoms with Crippen LogP contribution in [0.4, 0.5) is 0 Å². The second-order valence-corrected chi connectivity index (χ2v) is 24.8. The minimum Gasteiger partial charge on any atom is -0.481 e. The van der Waals surface area contributed by atoms with Gasteiger partial charge in [-0.15, -0.1) is 0 Å². The standard InChI is InChI=1S/C51H80O21/c1-23-33(58)40(71-42-38(63)36(61)34(59)24(19-52)68-42)41(72-43-39(64)37(62)35(60)25(69-43)20-65-32(57)16-31(55)56)44(67-23)70-30-10-11-46(4)26(47(30,5)21-53)8-12-48(6)27(46)9-13-51-28-17-45(2,3)14-15-50(28,22-66-51)29(54)18-49(48,51)7/h9,13,23-30,33-44,52-54,58-64H,8,10-12,14-22H2,1-7H3,(H,55,56)/t23-,24-,25-,26-,27-,28+,29+,30+,33+,34-,35-,36+,37+,38-,39-,40+,41-,42+,43+,44+,46+,47+,48-,49+,50-,51+/m1/s1. The zero-order valence-corrected chi connectivity index (χ0v) is 42.4. The van der Waals surface area contributed by atoms with Crippen LogP contribution in [0.1, 0.15) is 106 Å². The van der Waals surface area contributed by atoms with Crippen LogP contribution >= 0.6 is 0 Å². The lowest BCUT2D eigenvalue weighted by atomic mass is 9.32. The van der Waals surface area contributed by atoms with E-state index in [-0.39, 0.29) is 40.6 Å². The van der Waals surface area contributed by atoms with E-state index in [1.54, 1.807) is 0 Å².